The van der Waals surface area contributed by atoms with Crippen molar-refractivity contribution in [3.05, 3.63) is 16.1 Å². The van der Waals surface area contributed by atoms with Crippen LogP contribution in [0.25, 0.3) is 0 Å². The highest BCUT2D eigenvalue weighted by Gasteiger charge is 2.39. The number of nitrogens with zero attached hydrogens (tertiary/aromatic N) is 3. The molecule has 0 aliphatic heterocycles. The number of likely N-dealkylation sites (N-methyl/N-ethyl adjacent to an activating group) is 2. The predicted octanol–water partition coefficient (Wildman–Crippen LogP) is 2.56. The standard InChI is InChI=1S/C16H30N4S/c1-13(2)17-9-15-18-14(11-21-15)10-20(5)12-16(19(3)4)7-6-8-16/h11,13,17H,6-10,12H2,1-5H3. The summed E-state index contributed by atoms with van der Waals surface area (Å²) in [4.78, 5) is 9.57. The third-order valence-corrected chi connectivity index (χ3v) is 5.39. The highest BCUT2D eigenvalue weighted by Crippen LogP contribution is 2.36. The molecule has 0 atom stereocenters. The fourth-order valence-electron chi connectivity index (χ4n) is 2.96. The summed E-state index contributed by atoms with van der Waals surface area (Å²) >= 11 is 1.77. The topological polar surface area (TPSA) is 31.4 Å². The molecule has 1 aromatic rings. The summed E-state index contributed by atoms with van der Waals surface area (Å²) in [5.74, 6) is 0. The lowest BCUT2D eigenvalue weighted by Gasteiger charge is -2.49. The Morgan fingerprint density at radius 3 is 2.57 bits per heavy atom. The monoisotopic (exact) mass is 310 g/mol. The van der Waals surface area contributed by atoms with Gasteiger partial charge in [-0.15, -0.1) is 11.3 Å². The van der Waals surface area contributed by atoms with E-state index >= 15 is 0 Å². The summed E-state index contributed by atoms with van der Waals surface area (Å²) in [7, 11) is 6.64. The molecule has 0 unspecified atom stereocenters. The van der Waals surface area contributed by atoms with E-state index in [4.69, 9.17) is 4.98 Å². The molecule has 1 heterocycles. The highest BCUT2D eigenvalue weighted by atomic mass is 32.1. The van der Waals surface area contributed by atoms with E-state index in [2.05, 4.69) is 55.5 Å². The third-order valence-electron chi connectivity index (χ3n) is 4.49. The summed E-state index contributed by atoms with van der Waals surface area (Å²) in [5.41, 5.74) is 1.60. The summed E-state index contributed by atoms with van der Waals surface area (Å²) in [6.07, 6.45) is 4.02. The van der Waals surface area contributed by atoms with Crippen LogP contribution in [0.4, 0.5) is 0 Å². The van der Waals surface area contributed by atoms with Crippen LogP contribution in [-0.2, 0) is 13.1 Å². The number of nitrogens with one attached hydrogen (secondary N) is 1. The Labute approximate surface area is 133 Å². The van der Waals surface area contributed by atoms with Gasteiger partial charge in [-0.25, -0.2) is 4.98 Å². The number of hydrogen-bond acceptors (Lipinski definition) is 5. The summed E-state index contributed by atoms with van der Waals surface area (Å²) < 4.78 is 0. The molecule has 0 saturated heterocycles. The SMILES string of the molecule is CC(C)NCc1nc(CN(C)CC2(N(C)C)CCC2)cs1. The van der Waals surface area contributed by atoms with Crippen LogP contribution in [0.2, 0.25) is 0 Å². The van der Waals surface area contributed by atoms with E-state index in [0.717, 1.165) is 19.6 Å². The van der Waals surface area contributed by atoms with Gasteiger partial charge in [-0.3, -0.25) is 4.90 Å². The molecule has 1 aromatic heterocycles. The molecule has 5 heteroatoms. The minimum atomic E-state index is 0.396. The smallest absolute Gasteiger partial charge is 0.107 e. The number of aromatic nitrogens is 1. The summed E-state index contributed by atoms with van der Waals surface area (Å²) in [5, 5.41) is 6.83. The fraction of sp³-hybridized carbons (Fsp3) is 0.812. The first-order valence-electron chi connectivity index (χ1n) is 7.94. The summed E-state index contributed by atoms with van der Waals surface area (Å²) in [6.45, 7) is 7.31. The minimum absolute atomic E-state index is 0.396. The van der Waals surface area contributed by atoms with Crippen molar-refractivity contribution in [2.24, 2.45) is 0 Å². The average Bonchev–Trinajstić information content (AvgIpc) is 2.78. The average molecular weight is 311 g/mol. The lowest BCUT2D eigenvalue weighted by Crippen LogP contribution is -2.56. The van der Waals surface area contributed by atoms with Crippen molar-refractivity contribution >= 4 is 11.3 Å². The lowest BCUT2D eigenvalue weighted by atomic mass is 9.75. The van der Waals surface area contributed by atoms with Crippen molar-refractivity contribution in [3.63, 3.8) is 0 Å². The second kappa shape index (κ2) is 7.18. The minimum Gasteiger partial charge on any atom is -0.308 e. The van der Waals surface area contributed by atoms with Crippen LogP contribution < -0.4 is 5.32 Å². The van der Waals surface area contributed by atoms with Crippen LogP contribution in [-0.4, -0.2) is 54.1 Å². The van der Waals surface area contributed by atoms with Crippen molar-refractivity contribution < 1.29 is 0 Å². The fourth-order valence-corrected chi connectivity index (χ4v) is 3.70. The van der Waals surface area contributed by atoms with E-state index in [-0.39, 0.29) is 0 Å². The van der Waals surface area contributed by atoms with Gasteiger partial charge in [-0.2, -0.15) is 0 Å². The molecule has 2 rings (SSSR count). The zero-order chi connectivity index (χ0) is 15.5. The first-order valence-corrected chi connectivity index (χ1v) is 8.82. The molecule has 120 valence electrons. The van der Waals surface area contributed by atoms with Crippen LogP contribution in [0.1, 0.15) is 43.8 Å². The zero-order valence-electron chi connectivity index (χ0n) is 14.1. The number of hydrogen-bond donors (Lipinski definition) is 1. The van der Waals surface area contributed by atoms with Crippen LogP contribution in [0.15, 0.2) is 5.38 Å². The van der Waals surface area contributed by atoms with Crippen LogP contribution in [0.3, 0.4) is 0 Å². The molecule has 0 amide bonds. The van der Waals surface area contributed by atoms with Gasteiger partial charge < -0.3 is 10.2 Å². The van der Waals surface area contributed by atoms with Gasteiger partial charge >= 0.3 is 0 Å². The molecule has 0 radical (unpaired) electrons. The van der Waals surface area contributed by atoms with Crippen LogP contribution >= 0.6 is 11.3 Å². The Morgan fingerprint density at radius 2 is 2.05 bits per heavy atom. The van der Waals surface area contributed by atoms with E-state index in [1.807, 2.05) is 0 Å². The molecule has 1 fully saturated rings. The van der Waals surface area contributed by atoms with Gasteiger partial charge in [0, 0.05) is 36.6 Å². The summed E-state index contributed by atoms with van der Waals surface area (Å²) in [6, 6.07) is 0.513. The van der Waals surface area contributed by atoms with Gasteiger partial charge in [0.15, 0.2) is 0 Å². The van der Waals surface area contributed by atoms with Gasteiger partial charge in [0.05, 0.1) is 5.69 Å². The van der Waals surface area contributed by atoms with Gasteiger partial charge in [-0.1, -0.05) is 13.8 Å². The van der Waals surface area contributed by atoms with Crippen molar-refractivity contribution in [2.45, 2.75) is 57.8 Å². The number of rotatable bonds is 8. The zero-order valence-corrected chi connectivity index (χ0v) is 15.0. The molecule has 0 bridgehead atoms. The first kappa shape index (κ1) is 16.9. The lowest BCUT2D eigenvalue weighted by molar-refractivity contribution is 0.0256. The third kappa shape index (κ3) is 4.49. The molecule has 21 heavy (non-hydrogen) atoms. The normalized spacial score (nSPS) is 17.7. The Bertz CT molecular complexity index is 437. The maximum atomic E-state index is 4.74. The second-order valence-electron chi connectivity index (χ2n) is 6.91. The Kier molecular flexibility index (Phi) is 5.77. The molecule has 1 aliphatic rings. The Hall–Kier alpha value is -0.490. The molecule has 0 spiro atoms. The molecule has 0 aromatic carbocycles. The Morgan fingerprint density at radius 1 is 1.33 bits per heavy atom. The van der Waals surface area contributed by atoms with E-state index < -0.39 is 0 Å². The van der Waals surface area contributed by atoms with Crippen molar-refractivity contribution in [1.29, 1.82) is 0 Å². The predicted molar refractivity (Wildman–Crippen MR) is 90.7 cm³/mol. The first-order chi connectivity index (χ1) is 9.91. The van der Waals surface area contributed by atoms with Crippen molar-refractivity contribution in [3.8, 4) is 0 Å². The number of thiazole rings is 1. The second-order valence-corrected chi connectivity index (χ2v) is 7.86. The quantitative estimate of drug-likeness (QED) is 0.799. The van der Waals surface area contributed by atoms with Gasteiger partial charge in [0.25, 0.3) is 0 Å². The van der Waals surface area contributed by atoms with E-state index in [9.17, 15) is 0 Å². The molecule has 1 saturated carbocycles. The maximum Gasteiger partial charge on any atom is 0.107 e. The van der Waals surface area contributed by atoms with Crippen LogP contribution in [0, 0.1) is 0 Å². The molecule has 1 N–H and O–H groups in total. The highest BCUT2D eigenvalue weighted by molar-refractivity contribution is 7.09. The van der Waals surface area contributed by atoms with E-state index in [0.29, 0.717) is 11.6 Å². The van der Waals surface area contributed by atoms with E-state index in [1.165, 1.54) is 30.0 Å². The van der Waals surface area contributed by atoms with Gasteiger partial charge in [-0.05, 0) is 40.4 Å². The largest absolute Gasteiger partial charge is 0.308 e. The van der Waals surface area contributed by atoms with Gasteiger partial charge in [0.2, 0.25) is 0 Å². The Balaban J connectivity index is 1.84. The van der Waals surface area contributed by atoms with Gasteiger partial charge in [0.1, 0.15) is 5.01 Å². The van der Waals surface area contributed by atoms with Crippen LogP contribution in [0.5, 0.6) is 0 Å². The van der Waals surface area contributed by atoms with Crippen molar-refractivity contribution in [2.75, 3.05) is 27.7 Å². The molecule has 1 aliphatic carbocycles. The molecule has 4 nitrogen and oxygen atoms in total. The maximum absolute atomic E-state index is 4.74. The van der Waals surface area contributed by atoms with Crippen molar-refractivity contribution in [1.82, 2.24) is 20.1 Å². The molecular formula is C16H30N4S. The van der Waals surface area contributed by atoms with E-state index in [1.54, 1.807) is 11.3 Å². The molecular weight excluding hydrogens is 280 g/mol.